The summed E-state index contributed by atoms with van der Waals surface area (Å²) in [4.78, 5) is 46.9. The van der Waals surface area contributed by atoms with Gasteiger partial charge in [0.25, 0.3) is 40.5 Å². The maximum Gasteiger partial charge on any atom is 0.295 e. The lowest BCUT2D eigenvalue weighted by Gasteiger charge is -2.15. The molecule has 0 heterocycles. The van der Waals surface area contributed by atoms with Crippen LogP contribution >= 0.6 is 0 Å². The van der Waals surface area contributed by atoms with E-state index in [2.05, 4.69) is 42.1 Å². The number of carbonyl (C=O) groups is 4. The second-order valence-corrected chi connectivity index (χ2v) is 18.9. The zero-order valence-corrected chi connectivity index (χ0v) is 35.9. The summed E-state index contributed by atoms with van der Waals surface area (Å²) in [7, 11) is -19.2. The molecule has 2 aromatic rings. The number of hydrogen-bond donors (Lipinski definition) is 8. The molecular weight excluding hydrogens is 953 g/mol. The van der Waals surface area contributed by atoms with E-state index in [-0.39, 0.29) is 45.3 Å². The van der Waals surface area contributed by atoms with Gasteiger partial charge in [0, 0.05) is 12.2 Å². The molecule has 0 saturated carbocycles. The molecule has 0 fully saturated rings. The molecule has 28 heteroatoms. The quantitative estimate of drug-likeness (QED) is 0.0577. The van der Waals surface area contributed by atoms with Crippen molar-refractivity contribution in [2.75, 3.05) is 10.9 Å². The van der Waals surface area contributed by atoms with Crippen molar-refractivity contribution in [2.24, 2.45) is 20.4 Å². The SMILES string of the molecule is O=C1C=CC(S(=O)(=O)O)=C/C1=N/N=C1\C=CC(NNc2ccc(/C=C/c3ccc(NNC4=CC(=O)/C(=N/N=C5/C=C(S(=O)(=O)O)C=CC5=O)C=C4)cc3S(=O)(=O)O)c(S(=O)(=O)O)c2)=CC1=O. The molecule has 8 N–H and O–H groups in total. The van der Waals surface area contributed by atoms with Gasteiger partial charge in [0.05, 0.1) is 32.6 Å². The fourth-order valence-corrected chi connectivity index (χ4v) is 7.87. The van der Waals surface area contributed by atoms with Gasteiger partial charge in [-0.15, -0.1) is 20.4 Å². The first-order chi connectivity index (χ1) is 30.8. The van der Waals surface area contributed by atoms with E-state index in [0.29, 0.717) is 0 Å². The van der Waals surface area contributed by atoms with Gasteiger partial charge in [0.1, 0.15) is 32.6 Å². The molecule has 0 radical (unpaired) electrons. The van der Waals surface area contributed by atoms with Gasteiger partial charge in [-0.2, -0.15) is 33.7 Å². The second-order valence-electron chi connectivity index (χ2n) is 13.3. The summed E-state index contributed by atoms with van der Waals surface area (Å²) in [6.45, 7) is 0. The lowest BCUT2D eigenvalue weighted by atomic mass is 10.1. The highest BCUT2D eigenvalue weighted by atomic mass is 32.2. The third-order valence-electron chi connectivity index (χ3n) is 8.63. The van der Waals surface area contributed by atoms with Crippen LogP contribution in [-0.2, 0) is 59.7 Å². The number of hydrazine groups is 2. The largest absolute Gasteiger partial charge is 0.301 e. The first kappa shape index (κ1) is 47.8. The number of nitrogens with zero attached hydrogens (tertiary/aromatic N) is 4. The molecule has 4 aliphatic rings. The van der Waals surface area contributed by atoms with E-state index in [0.717, 1.165) is 72.9 Å². The van der Waals surface area contributed by atoms with E-state index in [1.807, 2.05) is 0 Å². The van der Waals surface area contributed by atoms with Crippen molar-refractivity contribution in [1.82, 2.24) is 10.9 Å². The number of rotatable bonds is 14. The number of allylic oxidation sites excluding steroid dienone is 12. The Hall–Kier alpha value is -7.70. The number of nitrogens with one attached hydrogen (secondary N) is 4. The van der Waals surface area contributed by atoms with Gasteiger partial charge in [0.2, 0.25) is 23.1 Å². The number of anilines is 2. The Morgan fingerprint density at radius 1 is 0.394 bits per heavy atom. The molecule has 0 aliphatic heterocycles. The van der Waals surface area contributed by atoms with Crippen molar-refractivity contribution in [1.29, 1.82) is 0 Å². The minimum absolute atomic E-state index is 0.0456. The zero-order chi connectivity index (χ0) is 48.2. The monoisotopic (exact) mass is 980 g/mol. The van der Waals surface area contributed by atoms with Gasteiger partial charge in [0.15, 0.2) is 0 Å². The molecule has 0 amide bonds. The maximum atomic E-state index is 12.7. The zero-order valence-electron chi connectivity index (χ0n) is 32.7. The number of hydrogen-bond acceptors (Lipinski definition) is 20. The normalized spacial score (nSPS) is 19.4. The summed E-state index contributed by atoms with van der Waals surface area (Å²) in [5.41, 5.74) is 9.17. The highest BCUT2D eigenvalue weighted by Crippen LogP contribution is 2.26. The molecule has 0 unspecified atom stereocenters. The molecule has 2 aromatic carbocycles. The minimum atomic E-state index is -4.93. The topological polar surface area (TPSA) is 383 Å². The Balaban J connectivity index is 1.11. The van der Waals surface area contributed by atoms with E-state index in [9.17, 15) is 71.1 Å². The van der Waals surface area contributed by atoms with Gasteiger partial charge < -0.3 is 21.7 Å². The van der Waals surface area contributed by atoms with Gasteiger partial charge in [-0.3, -0.25) is 37.4 Å². The minimum Gasteiger partial charge on any atom is -0.301 e. The number of benzene rings is 2. The number of carbonyl (C=O) groups excluding carboxylic acids is 4. The summed E-state index contributed by atoms with van der Waals surface area (Å²) < 4.78 is 134. The predicted octanol–water partition coefficient (Wildman–Crippen LogP) is 1.64. The number of ketones is 4. The predicted molar refractivity (Wildman–Crippen MR) is 237 cm³/mol. The van der Waals surface area contributed by atoms with Crippen molar-refractivity contribution in [3.05, 3.63) is 142 Å². The van der Waals surface area contributed by atoms with E-state index in [1.165, 1.54) is 48.6 Å². The third-order valence-corrected chi connectivity index (χ3v) is 12.2. The summed E-state index contributed by atoms with van der Waals surface area (Å²) in [5.74, 6) is -2.91. The van der Waals surface area contributed by atoms with Crippen LogP contribution in [0.5, 0.6) is 0 Å². The van der Waals surface area contributed by atoms with Crippen molar-refractivity contribution >= 4 is 110 Å². The molecule has 0 aromatic heterocycles. The van der Waals surface area contributed by atoms with Crippen molar-refractivity contribution in [3.63, 3.8) is 0 Å². The first-order valence-corrected chi connectivity index (χ1v) is 23.6. The summed E-state index contributed by atoms with van der Waals surface area (Å²) in [5, 5.41) is 14.6. The van der Waals surface area contributed by atoms with Crippen molar-refractivity contribution in [3.8, 4) is 0 Å². The average Bonchev–Trinajstić information content (AvgIpc) is 3.23. The summed E-state index contributed by atoms with van der Waals surface area (Å²) >= 11 is 0. The Morgan fingerprint density at radius 2 is 0.758 bits per heavy atom. The molecule has 0 atom stereocenters. The molecule has 0 bridgehead atoms. The Morgan fingerprint density at radius 3 is 1.09 bits per heavy atom. The van der Waals surface area contributed by atoms with Gasteiger partial charge in [-0.05, 0) is 96.2 Å². The second kappa shape index (κ2) is 18.8. The van der Waals surface area contributed by atoms with Crippen LogP contribution in [-0.4, -0.2) is 97.9 Å². The smallest absolute Gasteiger partial charge is 0.295 e. The van der Waals surface area contributed by atoms with Crippen molar-refractivity contribution in [2.45, 2.75) is 9.79 Å². The Bertz CT molecular complexity index is 3200. The lowest BCUT2D eigenvalue weighted by Crippen LogP contribution is -2.24. The summed E-state index contributed by atoms with van der Waals surface area (Å²) in [6.07, 6.45) is 14.4. The standard InChI is InChI=1S/C38H28N8O16S4/c47-33-13-9-27(63(51,52)53)19-31(33)45-43-29-11-7-23(15-35(29)49)39-41-25-5-3-21(37(17-25)65(57,58)59)1-2-22-4-6-26(18-38(22)66(60,61)62)42-40-24-8-12-30(36(50)16-24)44-46-32-20-28(64(54,55)56)10-14-34(32)48/h1-20,39-42H,(H,51,52,53)(H,54,55,56)(H,57,58,59)(H,60,61,62)/b2-1+,43-29+,44-30+,45-31-,46-32-. The average molecular weight is 981 g/mol. The van der Waals surface area contributed by atoms with Crippen LogP contribution in [0.25, 0.3) is 12.2 Å². The van der Waals surface area contributed by atoms with Crippen LogP contribution in [0.15, 0.2) is 161 Å². The molecule has 6 rings (SSSR count). The highest BCUT2D eigenvalue weighted by Gasteiger charge is 2.23. The fraction of sp³-hybridized carbons (Fsp3) is 0. The molecule has 0 saturated heterocycles. The molecule has 0 spiro atoms. The van der Waals surface area contributed by atoms with Crippen molar-refractivity contribution < 1.29 is 71.1 Å². The van der Waals surface area contributed by atoms with E-state index >= 15 is 0 Å². The Kier molecular flexibility index (Phi) is 13.6. The molecule has 24 nitrogen and oxygen atoms in total. The molecular formula is C38H28N8O16S4. The van der Waals surface area contributed by atoms with Crippen LogP contribution in [0.1, 0.15) is 11.1 Å². The van der Waals surface area contributed by atoms with Gasteiger partial charge in [-0.25, -0.2) is 0 Å². The highest BCUT2D eigenvalue weighted by molar-refractivity contribution is 7.90. The fourth-order valence-electron chi connectivity index (χ4n) is 5.45. The van der Waals surface area contributed by atoms with Gasteiger partial charge >= 0.3 is 0 Å². The maximum absolute atomic E-state index is 12.7. The molecule has 4 aliphatic carbocycles. The molecule has 66 heavy (non-hydrogen) atoms. The van der Waals surface area contributed by atoms with Crippen LogP contribution in [0.3, 0.4) is 0 Å². The van der Waals surface area contributed by atoms with Crippen LogP contribution in [0, 0.1) is 0 Å². The summed E-state index contributed by atoms with van der Waals surface area (Å²) in [6, 6.07) is 7.18. The van der Waals surface area contributed by atoms with Crippen LogP contribution in [0.2, 0.25) is 0 Å². The van der Waals surface area contributed by atoms with Crippen LogP contribution in [0.4, 0.5) is 11.4 Å². The first-order valence-electron chi connectivity index (χ1n) is 17.8. The van der Waals surface area contributed by atoms with E-state index < -0.39 is 94.6 Å². The Labute approximate surface area is 373 Å². The molecule has 340 valence electrons. The van der Waals surface area contributed by atoms with Crippen LogP contribution < -0.4 is 21.7 Å². The van der Waals surface area contributed by atoms with Gasteiger partial charge in [-0.1, -0.05) is 24.3 Å². The third kappa shape index (κ3) is 12.1. The van der Waals surface area contributed by atoms with E-state index in [4.69, 9.17) is 0 Å². The lowest BCUT2D eigenvalue weighted by molar-refractivity contribution is -0.109. The van der Waals surface area contributed by atoms with E-state index in [1.54, 1.807) is 0 Å².